The van der Waals surface area contributed by atoms with Crippen molar-refractivity contribution < 1.29 is 9.84 Å². The predicted molar refractivity (Wildman–Crippen MR) is 69.0 cm³/mol. The minimum Gasteiger partial charge on any atom is -0.497 e. The number of aliphatic hydroxyl groups excluding tert-OH is 1. The summed E-state index contributed by atoms with van der Waals surface area (Å²) < 4.78 is 5.20. The van der Waals surface area contributed by atoms with Gasteiger partial charge in [0, 0.05) is 6.04 Å². The molecule has 90 valence electrons. The smallest absolute Gasteiger partial charge is 0.119 e. The molecule has 0 fully saturated rings. The van der Waals surface area contributed by atoms with E-state index in [4.69, 9.17) is 10.5 Å². The number of rotatable bonds is 3. The van der Waals surface area contributed by atoms with Gasteiger partial charge in [-0.15, -0.1) is 0 Å². The lowest BCUT2D eigenvalue weighted by Crippen LogP contribution is -2.09. The molecule has 0 aliphatic rings. The van der Waals surface area contributed by atoms with Gasteiger partial charge in [-0.1, -0.05) is 18.2 Å². The number of aliphatic hydroxyl groups is 1. The van der Waals surface area contributed by atoms with E-state index in [-0.39, 0.29) is 12.6 Å². The molecule has 0 radical (unpaired) electrons. The van der Waals surface area contributed by atoms with Gasteiger partial charge in [-0.25, -0.2) is 0 Å². The molecule has 1 unspecified atom stereocenters. The van der Waals surface area contributed by atoms with Crippen molar-refractivity contribution in [3.05, 3.63) is 41.5 Å². The average molecular weight is 231 g/mol. The fraction of sp³-hybridized carbons (Fsp3) is 0.286. The highest BCUT2D eigenvalue weighted by molar-refractivity contribution is 5.88. The van der Waals surface area contributed by atoms with Gasteiger partial charge in [0.15, 0.2) is 0 Å². The third-order valence-electron chi connectivity index (χ3n) is 2.98. The fourth-order valence-corrected chi connectivity index (χ4v) is 2.18. The van der Waals surface area contributed by atoms with Crippen LogP contribution in [0.1, 0.15) is 24.1 Å². The minimum atomic E-state index is -0.103. The van der Waals surface area contributed by atoms with Crippen molar-refractivity contribution in [3.8, 4) is 5.75 Å². The van der Waals surface area contributed by atoms with Crippen LogP contribution in [0.2, 0.25) is 0 Å². The van der Waals surface area contributed by atoms with Crippen molar-refractivity contribution in [2.45, 2.75) is 19.6 Å². The summed E-state index contributed by atoms with van der Waals surface area (Å²) in [5, 5.41) is 11.5. The van der Waals surface area contributed by atoms with Gasteiger partial charge in [-0.05, 0) is 41.0 Å². The predicted octanol–water partition coefficient (Wildman–Crippen LogP) is 2.36. The van der Waals surface area contributed by atoms with E-state index in [1.54, 1.807) is 7.11 Å². The summed E-state index contributed by atoms with van der Waals surface area (Å²) >= 11 is 0. The molecule has 0 aliphatic heterocycles. The van der Waals surface area contributed by atoms with Gasteiger partial charge in [0.25, 0.3) is 0 Å². The topological polar surface area (TPSA) is 55.5 Å². The molecular formula is C14H17NO2. The Labute approximate surface area is 101 Å². The minimum absolute atomic E-state index is 0.0127. The molecule has 0 amide bonds. The van der Waals surface area contributed by atoms with Gasteiger partial charge < -0.3 is 15.6 Å². The second-order valence-corrected chi connectivity index (χ2v) is 4.17. The molecule has 0 saturated heterocycles. The molecule has 3 N–H and O–H groups in total. The Morgan fingerprint density at radius 1 is 1.29 bits per heavy atom. The van der Waals surface area contributed by atoms with Crippen molar-refractivity contribution in [1.29, 1.82) is 0 Å². The summed E-state index contributed by atoms with van der Waals surface area (Å²) in [6.07, 6.45) is 0. The SMILES string of the molecule is COc1ccc2c(C(C)N)c(CO)ccc2c1. The van der Waals surface area contributed by atoms with E-state index in [0.29, 0.717) is 0 Å². The maximum absolute atomic E-state index is 9.35. The standard InChI is InChI=1S/C14H17NO2/c1-9(15)14-11(8-16)4-3-10-7-12(17-2)5-6-13(10)14/h3-7,9,16H,8,15H2,1-2H3. The zero-order valence-corrected chi connectivity index (χ0v) is 10.1. The van der Waals surface area contributed by atoms with Gasteiger partial charge in [0.2, 0.25) is 0 Å². The second-order valence-electron chi connectivity index (χ2n) is 4.17. The lowest BCUT2D eigenvalue weighted by molar-refractivity contribution is 0.280. The van der Waals surface area contributed by atoms with Gasteiger partial charge >= 0.3 is 0 Å². The van der Waals surface area contributed by atoms with Crippen LogP contribution in [0.4, 0.5) is 0 Å². The molecule has 2 aromatic carbocycles. The number of nitrogens with two attached hydrogens (primary N) is 1. The Bertz CT molecular complexity index is 535. The van der Waals surface area contributed by atoms with E-state index >= 15 is 0 Å². The lowest BCUT2D eigenvalue weighted by atomic mass is 9.95. The van der Waals surface area contributed by atoms with Crippen LogP contribution < -0.4 is 10.5 Å². The number of ether oxygens (including phenoxy) is 1. The van der Waals surface area contributed by atoms with Crippen molar-refractivity contribution in [2.75, 3.05) is 7.11 Å². The van der Waals surface area contributed by atoms with Crippen LogP contribution in [-0.4, -0.2) is 12.2 Å². The molecular weight excluding hydrogens is 214 g/mol. The van der Waals surface area contributed by atoms with Crippen LogP contribution in [-0.2, 0) is 6.61 Å². The molecule has 3 heteroatoms. The number of benzene rings is 2. The Balaban J connectivity index is 2.72. The Morgan fingerprint density at radius 2 is 2.06 bits per heavy atom. The summed E-state index contributed by atoms with van der Waals surface area (Å²) in [7, 11) is 1.65. The second kappa shape index (κ2) is 4.73. The number of hydrogen-bond donors (Lipinski definition) is 2. The Hall–Kier alpha value is -1.58. The summed E-state index contributed by atoms with van der Waals surface area (Å²) in [5.41, 5.74) is 7.88. The summed E-state index contributed by atoms with van der Waals surface area (Å²) in [6.45, 7) is 1.94. The molecule has 2 aromatic rings. The third-order valence-corrected chi connectivity index (χ3v) is 2.98. The lowest BCUT2D eigenvalue weighted by Gasteiger charge is -2.15. The molecule has 1 atom stereocenters. The monoisotopic (exact) mass is 231 g/mol. The first kappa shape index (κ1) is 11.9. The maximum atomic E-state index is 9.35. The van der Waals surface area contributed by atoms with Crippen LogP contribution in [0.25, 0.3) is 10.8 Å². The Kier molecular flexibility index (Phi) is 3.31. The first-order valence-corrected chi connectivity index (χ1v) is 5.63. The van der Waals surface area contributed by atoms with Crippen LogP contribution in [0, 0.1) is 0 Å². The fourth-order valence-electron chi connectivity index (χ4n) is 2.18. The summed E-state index contributed by atoms with van der Waals surface area (Å²) in [5.74, 6) is 0.824. The van der Waals surface area contributed by atoms with Crippen LogP contribution >= 0.6 is 0 Å². The van der Waals surface area contributed by atoms with E-state index in [1.807, 2.05) is 37.3 Å². The molecule has 0 aliphatic carbocycles. The first-order valence-electron chi connectivity index (χ1n) is 5.63. The van der Waals surface area contributed by atoms with E-state index < -0.39 is 0 Å². The molecule has 2 rings (SSSR count). The third kappa shape index (κ3) is 2.12. The summed E-state index contributed by atoms with van der Waals surface area (Å²) in [6, 6.07) is 9.67. The van der Waals surface area contributed by atoms with Gasteiger partial charge in [-0.2, -0.15) is 0 Å². The number of hydrogen-bond acceptors (Lipinski definition) is 3. The highest BCUT2D eigenvalue weighted by atomic mass is 16.5. The highest BCUT2D eigenvalue weighted by Crippen LogP contribution is 2.29. The maximum Gasteiger partial charge on any atom is 0.119 e. The Morgan fingerprint density at radius 3 is 2.65 bits per heavy atom. The molecule has 3 nitrogen and oxygen atoms in total. The van der Waals surface area contributed by atoms with Crippen LogP contribution in [0.15, 0.2) is 30.3 Å². The number of fused-ring (bicyclic) bond motifs is 1. The van der Waals surface area contributed by atoms with E-state index in [2.05, 4.69) is 0 Å². The van der Waals surface area contributed by atoms with Gasteiger partial charge in [0.1, 0.15) is 5.75 Å². The average Bonchev–Trinajstić information content (AvgIpc) is 2.36. The van der Waals surface area contributed by atoms with E-state index in [1.165, 1.54) is 0 Å². The molecule has 0 bridgehead atoms. The quantitative estimate of drug-likeness (QED) is 0.852. The van der Waals surface area contributed by atoms with Crippen molar-refractivity contribution in [1.82, 2.24) is 0 Å². The van der Waals surface area contributed by atoms with Gasteiger partial charge in [-0.3, -0.25) is 0 Å². The van der Waals surface area contributed by atoms with Crippen molar-refractivity contribution in [2.24, 2.45) is 5.73 Å². The molecule has 17 heavy (non-hydrogen) atoms. The number of methoxy groups -OCH3 is 1. The van der Waals surface area contributed by atoms with Crippen LogP contribution in [0.3, 0.4) is 0 Å². The molecule has 0 heterocycles. The van der Waals surface area contributed by atoms with Gasteiger partial charge in [0.05, 0.1) is 13.7 Å². The normalized spacial score (nSPS) is 12.7. The highest BCUT2D eigenvalue weighted by Gasteiger charge is 2.11. The molecule has 0 saturated carbocycles. The molecule has 0 aromatic heterocycles. The molecule has 0 spiro atoms. The van der Waals surface area contributed by atoms with E-state index in [0.717, 1.165) is 27.6 Å². The zero-order valence-electron chi connectivity index (χ0n) is 10.1. The summed E-state index contributed by atoms with van der Waals surface area (Å²) in [4.78, 5) is 0. The zero-order chi connectivity index (χ0) is 12.4. The first-order chi connectivity index (χ1) is 8.17. The largest absolute Gasteiger partial charge is 0.497 e. The van der Waals surface area contributed by atoms with Crippen LogP contribution in [0.5, 0.6) is 5.75 Å². The van der Waals surface area contributed by atoms with Crippen molar-refractivity contribution >= 4 is 10.8 Å². The van der Waals surface area contributed by atoms with E-state index in [9.17, 15) is 5.11 Å². The van der Waals surface area contributed by atoms with Crippen molar-refractivity contribution in [3.63, 3.8) is 0 Å².